The molecule has 0 aromatic rings. The number of ether oxygens (including phenoxy) is 2. The summed E-state index contributed by atoms with van der Waals surface area (Å²) in [5.74, 6) is -1.15. The third-order valence-electron chi connectivity index (χ3n) is 2.57. The first-order valence-corrected chi connectivity index (χ1v) is 5.58. The highest BCUT2D eigenvalue weighted by Gasteiger charge is 2.37. The minimum Gasteiger partial charge on any atom is -0.469 e. The molecule has 0 saturated carbocycles. The van der Waals surface area contributed by atoms with Crippen molar-refractivity contribution >= 4 is 11.9 Å². The molecule has 0 aromatic heterocycles. The fourth-order valence-electron chi connectivity index (χ4n) is 1.85. The molecule has 1 heterocycles. The predicted octanol–water partition coefficient (Wildman–Crippen LogP) is 0.479. The summed E-state index contributed by atoms with van der Waals surface area (Å²) in [7, 11) is 1.34. The molecule has 1 rings (SSSR count). The van der Waals surface area contributed by atoms with Crippen LogP contribution in [-0.2, 0) is 19.1 Å². The van der Waals surface area contributed by atoms with E-state index in [0.717, 1.165) is 13.0 Å². The molecule has 5 nitrogen and oxygen atoms in total. The molecule has 0 aromatic carbocycles. The number of esters is 2. The molecule has 92 valence electrons. The lowest BCUT2D eigenvalue weighted by molar-refractivity contribution is -0.160. The van der Waals surface area contributed by atoms with Crippen molar-refractivity contribution in [1.29, 1.82) is 0 Å². The van der Waals surface area contributed by atoms with Gasteiger partial charge in [-0.1, -0.05) is 0 Å². The van der Waals surface area contributed by atoms with Gasteiger partial charge in [-0.3, -0.25) is 9.59 Å². The van der Waals surface area contributed by atoms with Crippen molar-refractivity contribution in [3.63, 3.8) is 0 Å². The first-order valence-electron chi connectivity index (χ1n) is 5.58. The van der Waals surface area contributed by atoms with E-state index in [1.807, 2.05) is 0 Å². The lowest BCUT2D eigenvalue weighted by Crippen LogP contribution is -2.51. The van der Waals surface area contributed by atoms with E-state index in [4.69, 9.17) is 4.74 Å². The first-order chi connectivity index (χ1) is 7.56. The van der Waals surface area contributed by atoms with Crippen LogP contribution in [0.3, 0.4) is 0 Å². The van der Waals surface area contributed by atoms with Crippen LogP contribution < -0.4 is 5.32 Å². The van der Waals surface area contributed by atoms with Crippen molar-refractivity contribution in [1.82, 2.24) is 5.32 Å². The number of rotatable bonds is 3. The van der Waals surface area contributed by atoms with Gasteiger partial charge in [0, 0.05) is 0 Å². The molecule has 1 fully saturated rings. The maximum atomic E-state index is 11.7. The lowest BCUT2D eigenvalue weighted by Gasteiger charge is -2.29. The topological polar surface area (TPSA) is 64.6 Å². The lowest BCUT2D eigenvalue weighted by atomic mass is 9.91. The summed E-state index contributed by atoms with van der Waals surface area (Å²) < 4.78 is 9.79. The Morgan fingerprint density at radius 2 is 2.00 bits per heavy atom. The van der Waals surface area contributed by atoms with Gasteiger partial charge in [-0.2, -0.15) is 0 Å². The van der Waals surface area contributed by atoms with Crippen LogP contribution >= 0.6 is 0 Å². The number of nitrogens with one attached hydrogen (secondary N) is 1. The Bertz CT molecular complexity index is 265. The predicted molar refractivity (Wildman–Crippen MR) is 57.8 cm³/mol. The molecular formula is C11H19NO4. The molecule has 5 heteroatoms. The van der Waals surface area contributed by atoms with Gasteiger partial charge < -0.3 is 14.8 Å². The monoisotopic (exact) mass is 229 g/mol. The molecule has 0 aliphatic carbocycles. The van der Waals surface area contributed by atoms with Gasteiger partial charge in [0.15, 0.2) is 0 Å². The fourth-order valence-corrected chi connectivity index (χ4v) is 1.85. The summed E-state index contributed by atoms with van der Waals surface area (Å²) in [6.07, 6.45) is 1.36. The molecule has 0 spiro atoms. The summed E-state index contributed by atoms with van der Waals surface area (Å²) >= 11 is 0. The van der Waals surface area contributed by atoms with E-state index >= 15 is 0 Å². The van der Waals surface area contributed by atoms with Gasteiger partial charge in [0.1, 0.15) is 6.04 Å². The van der Waals surface area contributed by atoms with Crippen LogP contribution in [0.2, 0.25) is 0 Å². The highest BCUT2D eigenvalue weighted by atomic mass is 16.5. The Labute approximate surface area is 95.5 Å². The molecule has 1 saturated heterocycles. The molecule has 0 amide bonds. The average Bonchev–Trinajstić information content (AvgIpc) is 2.27. The van der Waals surface area contributed by atoms with Crippen molar-refractivity contribution < 1.29 is 19.1 Å². The van der Waals surface area contributed by atoms with E-state index in [1.165, 1.54) is 7.11 Å². The van der Waals surface area contributed by atoms with Gasteiger partial charge in [-0.25, -0.2) is 0 Å². The van der Waals surface area contributed by atoms with E-state index in [-0.39, 0.29) is 18.0 Å². The van der Waals surface area contributed by atoms with Crippen LogP contribution in [0.5, 0.6) is 0 Å². The van der Waals surface area contributed by atoms with Crippen molar-refractivity contribution in [2.45, 2.75) is 38.8 Å². The van der Waals surface area contributed by atoms with Gasteiger partial charge in [-0.15, -0.1) is 0 Å². The van der Waals surface area contributed by atoms with Crippen molar-refractivity contribution in [2.75, 3.05) is 13.7 Å². The summed E-state index contributed by atoms with van der Waals surface area (Å²) in [6, 6.07) is -0.566. The van der Waals surface area contributed by atoms with E-state index in [2.05, 4.69) is 10.1 Å². The number of hydrogen-bond donors (Lipinski definition) is 1. The Morgan fingerprint density at radius 1 is 1.31 bits per heavy atom. The standard InChI is InChI=1S/C11H19NO4/c1-7(2)16-11(14)9-8(10(13)15-3)5-4-6-12-9/h7-9,12H,4-6H2,1-3H3. The van der Waals surface area contributed by atoms with Crippen LogP contribution in [0, 0.1) is 5.92 Å². The Kier molecular flexibility index (Phi) is 4.73. The SMILES string of the molecule is COC(=O)C1CCCNC1C(=O)OC(C)C. The van der Waals surface area contributed by atoms with Crippen LogP contribution in [0.1, 0.15) is 26.7 Å². The second kappa shape index (κ2) is 5.84. The van der Waals surface area contributed by atoms with Gasteiger partial charge in [0.05, 0.1) is 19.1 Å². The summed E-state index contributed by atoms with van der Waals surface area (Å²) in [4.78, 5) is 23.2. The van der Waals surface area contributed by atoms with Gasteiger partial charge in [0.2, 0.25) is 0 Å². The second-order valence-electron chi connectivity index (χ2n) is 4.19. The molecule has 16 heavy (non-hydrogen) atoms. The maximum Gasteiger partial charge on any atom is 0.324 e. The average molecular weight is 229 g/mol. The van der Waals surface area contributed by atoms with E-state index in [0.29, 0.717) is 6.42 Å². The largest absolute Gasteiger partial charge is 0.469 e. The van der Waals surface area contributed by atoms with Crippen molar-refractivity contribution in [3.8, 4) is 0 Å². The number of carbonyl (C=O) groups is 2. The van der Waals surface area contributed by atoms with Crippen molar-refractivity contribution in [2.24, 2.45) is 5.92 Å². The van der Waals surface area contributed by atoms with E-state index < -0.39 is 12.0 Å². The van der Waals surface area contributed by atoms with Gasteiger partial charge in [0.25, 0.3) is 0 Å². The fraction of sp³-hybridized carbons (Fsp3) is 0.818. The summed E-state index contributed by atoms with van der Waals surface area (Å²) in [6.45, 7) is 4.30. The minimum atomic E-state index is -0.566. The highest BCUT2D eigenvalue weighted by Crippen LogP contribution is 2.19. The van der Waals surface area contributed by atoms with Crippen LogP contribution in [0.25, 0.3) is 0 Å². The zero-order valence-corrected chi connectivity index (χ0v) is 9.99. The molecule has 0 radical (unpaired) electrons. The highest BCUT2D eigenvalue weighted by molar-refractivity contribution is 5.85. The number of methoxy groups -OCH3 is 1. The zero-order valence-electron chi connectivity index (χ0n) is 9.99. The maximum absolute atomic E-state index is 11.7. The van der Waals surface area contributed by atoms with Gasteiger partial charge in [-0.05, 0) is 33.2 Å². The number of carbonyl (C=O) groups excluding carboxylic acids is 2. The molecule has 1 aliphatic rings. The molecular weight excluding hydrogens is 210 g/mol. The smallest absolute Gasteiger partial charge is 0.324 e. The third kappa shape index (κ3) is 3.20. The van der Waals surface area contributed by atoms with Crippen LogP contribution in [0.15, 0.2) is 0 Å². The molecule has 1 aliphatic heterocycles. The third-order valence-corrected chi connectivity index (χ3v) is 2.57. The van der Waals surface area contributed by atoms with E-state index in [9.17, 15) is 9.59 Å². The Morgan fingerprint density at radius 3 is 2.56 bits per heavy atom. The molecule has 0 bridgehead atoms. The zero-order chi connectivity index (χ0) is 12.1. The summed E-state index contributed by atoms with van der Waals surface area (Å²) in [5.41, 5.74) is 0. The Hall–Kier alpha value is -1.10. The molecule has 2 atom stereocenters. The first kappa shape index (κ1) is 13.0. The van der Waals surface area contributed by atoms with Crippen LogP contribution in [-0.4, -0.2) is 37.7 Å². The van der Waals surface area contributed by atoms with E-state index in [1.54, 1.807) is 13.8 Å². The van der Waals surface area contributed by atoms with Crippen LogP contribution in [0.4, 0.5) is 0 Å². The van der Waals surface area contributed by atoms with Crippen molar-refractivity contribution in [3.05, 3.63) is 0 Å². The quantitative estimate of drug-likeness (QED) is 0.713. The number of hydrogen-bond acceptors (Lipinski definition) is 5. The minimum absolute atomic E-state index is 0.172. The van der Waals surface area contributed by atoms with Gasteiger partial charge >= 0.3 is 11.9 Å². The number of piperidine rings is 1. The summed E-state index contributed by atoms with van der Waals surface area (Å²) in [5, 5.41) is 3.01. The Balaban J connectivity index is 2.66. The molecule has 2 unspecified atom stereocenters. The molecule has 1 N–H and O–H groups in total. The normalized spacial score (nSPS) is 25.2. The second-order valence-corrected chi connectivity index (χ2v) is 4.19.